The SMILES string of the molecule is C[C@H](NCc1ccc(NCc2ccccc2)cc1)C(N)=O. The Labute approximate surface area is 125 Å². The predicted molar refractivity (Wildman–Crippen MR) is 85.7 cm³/mol. The molecule has 110 valence electrons. The minimum Gasteiger partial charge on any atom is -0.381 e. The van der Waals surface area contributed by atoms with Crippen molar-refractivity contribution in [2.24, 2.45) is 5.73 Å². The van der Waals surface area contributed by atoms with Gasteiger partial charge < -0.3 is 16.4 Å². The molecule has 2 aromatic carbocycles. The summed E-state index contributed by atoms with van der Waals surface area (Å²) in [5.74, 6) is -0.337. The summed E-state index contributed by atoms with van der Waals surface area (Å²) in [6.07, 6.45) is 0. The number of primary amides is 1. The summed E-state index contributed by atoms with van der Waals surface area (Å²) < 4.78 is 0. The van der Waals surface area contributed by atoms with Crippen molar-refractivity contribution in [3.8, 4) is 0 Å². The second kappa shape index (κ2) is 7.45. The minimum atomic E-state index is -0.337. The Kier molecular flexibility index (Phi) is 5.35. The molecule has 0 spiro atoms. The lowest BCUT2D eigenvalue weighted by molar-refractivity contribution is -0.119. The van der Waals surface area contributed by atoms with Crippen LogP contribution in [-0.2, 0) is 17.9 Å². The average molecular weight is 283 g/mol. The van der Waals surface area contributed by atoms with Crippen molar-refractivity contribution in [2.45, 2.75) is 26.1 Å². The Bertz CT molecular complexity index is 566. The molecular weight excluding hydrogens is 262 g/mol. The fraction of sp³-hybridized carbons (Fsp3) is 0.235. The van der Waals surface area contributed by atoms with Gasteiger partial charge in [-0.25, -0.2) is 0 Å². The van der Waals surface area contributed by atoms with Gasteiger partial charge in [-0.2, -0.15) is 0 Å². The zero-order valence-corrected chi connectivity index (χ0v) is 12.2. The van der Waals surface area contributed by atoms with Gasteiger partial charge in [0, 0.05) is 18.8 Å². The highest BCUT2D eigenvalue weighted by molar-refractivity contribution is 5.79. The number of carbonyl (C=O) groups is 1. The molecule has 0 aliphatic rings. The number of hydrogen-bond donors (Lipinski definition) is 3. The van der Waals surface area contributed by atoms with E-state index in [-0.39, 0.29) is 11.9 Å². The lowest BCUT2D eigenvalue weighted by Crippen LogP contribution is -2.38. The van der Waals surface area contributed by atoms with Crippen LogP contribution in [0.3, 0.4) is 0 Å². The van der Waals surface area contributed by atoms with Crippen molar-refractivity contribution in [3.63, 3.8) is 0 Å². The molecule has 21 heavy (non-hydrogen) atoms. The molecule has 2 rings (SSSR count). The molecular formula is C17H21N3O. The second-order valence-electron chi connectivity index (χ2n) is 5.04. The molecule has 0 bridgehead atoms. The normalized spacial score (nSPS) is 11.9. The van der Waals surface area contributed by atoms with Crippen molar-refractivity contribution in [2.75, 3.05) is 5.32 Å². The smallest absolute Gasteiger partial charge is 0.234 e. The molecule has 4 heteroatoms. The first-order valence-electron chi connectivity index (χ1n) is 7.04. The highest BCUT2D eigenvalue weighted by atomic mass is 16.1. The number of nitrogens with one attached hydrogen (secondary N) is 2. The monoisotopic (exact) mass is 283 g/mol. The van der Waals surface area contributed by atoms with E-state index in [4.69, 9.17) is 5.73 Å². The van der Waals surface area contributed by atoms with Crippen molar-refractivity contribution >= 4 is 11.6 Å². The zero-order valence-electron chi connectivity index (χ0n) is 12.2. The van der Waals surface area contributed by atoms with Crippen molar-refractivity contribution < 1.29 is 4.79 Å². The maximum Gasteiger partial charge on any atom is 0.234 e. The first-order valence-corrected chi connectivity index (χ1v) is 7.04. The van der Waals surface area contributed by atoms with Crippen LogP contribution in [0.1, 0.15) is 18.1 Å². The van der Waals surface area contributed by atoms with Crippen LogP contribution < -0.4 is 16.4 Å². The summed E-state index contributed by atoms with van der Waals surface area (Å²) >= 11 is 0. The van der Waals surface area contributed by atoms with E-state index in [1.807, 2.05) is 42.5 Å². The fourth-order valence-electron chi connectivity index (χ4n) is 1.91. The van der Waals surface area contributed by atoms with E-state index in [2.05, 4.69) is 22.8 Å². The third kappa shape index (κ3) is 4.93. The molecule has 0 aliphatic heterocycles. The fourth-order valence-corrected chi connectivity index (χ4v) is 1.91. The molecule has 1 atom stereocenters. The molecule has 0 radical (unpaired) electrons. The van der Waals surface area contributed by atoms with E-state index in [1.54, 1.807) is 6.92 Å². The lowest BCUT2D eigenvalue weighted by Gasteiger charge is -2.11. The minimum absolute atomic E-state index is 0.319. The van der Waals surface area contributed by atoms with Gasteiger partial charge >= 0.3 is 0 Å². The molecule has 1 amide bonds. The predicted octanol–water partition coefficient (Wildman–Crippen LogP) is 2.26. The number of benzene rings is 2. The maximum atomic E-state index is 10.9. The molecule has 0 fully saturated rings. The van der Waals surface area contributed by atoms with E-state index in [0.29, 0.717) is 6.54 Å². The highest BCUT2D eigenvalue weighted by Gasteiger charge is 2.06. The first kappa shape index (κ1) is 15.1. The summed E-state index contributed by atoms with van der Waals surface area (Å²) in [5.41, 5.74) is 8.65. The molecule has 0 saturated heterocycles. The van der Waals surface area contributed by atoms with E-state index in [0.717, 1.165) is 17.8 Å². The van der Waals surface area contributed by atoms with Crippen molar-refractivity contribution in [1.29, 1.82) is 0 Å². The second-order valence-corrected chi connectivity index (χ2v) is 5.04. The van der Waals surface area contributed by atoms with Crippen LogP contribution in [0, 0.1) is 0 Å². The average Bonchev–Trinajstić information content (AvgIpc) is 2.52. The topological polar surface area (TPSA) is 67.2 Å². The molecule has 0 aromatic heterocycles. The van der Waals surface area contributed by atoms with Gasteiger partial charge in [0.25, 0.3) is 0 Å². The summed E-state index contributed by atoms with van der Waals surface area (Å²) in [5, 5.41) is 6.46. The third-order valence-electron chi connectivity index (χ3n) is 3.33. The molecule has 0 heterocycles. The molecule has 0 unspecified atom stereocenters. The lowest BCUT2D eigenvalue weighted by atomic mass is 10.2. The Balaban J connectivity index is 1.83. The molecule has 2 aromatic rings. The third-order valence-corrected chi connectivity index (χ3v) is 3.33. The van der Waals surface area contributed by atoms with Gasteiger partial charge in [0.05, 0.1) is 6.04 Å². The van der Waals surface area contributed by atoms with Crippen LogP contribution in [0.4, 0.5) is 5.69 Å². The molecule has 4 N–H and O–H groups in total. The van der Waals surface area contributed by atoms with Crippen molar-refractivity contribution in [1.82, 2.24) is 5.32 Å². The van der Waals surface area contributed by atoms with Gasteiger partial charge in [-0.05, 0) is 30.2 Å². The molecule has 4 nitrogen and oxygen atoms in total. The molecule has 0 aliphatic carbocycles. The summed E-state index contributed by atoms with van der Waals surface area (Å²) in [7, 11) is 0. The van der Waals surface area contributed by atoms with Gasteiger partial charge in [0.2, 0.25) is 5.91 Å². The first-order chi connectivity index (χ1) is 10.1. The number of carbonyl (C=O) groups excluding carboxylic acids is 1. The van der Waals surface area contributed by atoms with E-state index in [9.17, 15) is 4.79 Å². The van der Waals surface area contributed by atoms with Crippen molar-refractivity contribution in [3.05, 3.63) is 65.7 Å². The van der Waals surface area contributed by atoms with Crippen LogP contribution >= 0.6 is 0 Å². The Hall–Kier alpha value is -2.33. The quantitative estimate of drug-likeness (QED) is 0.730. The summed E-state index contributed by atoms with van der Waals surface area (Å²) in [6.45, 7) is 3.19. The Morgan fingerprint density at radius 3 is 2.24 bits per heavy atom. The maximum absolute atomic E-state index is 10.9. The summed E-state index contributed by atoms with van der Waals surface area (Å²) in [4.78, 5) is 10.9. The number of amides is 1. The van der Waals surface area contributed by atoms with E-state index < -0.39 is 0 Å². The number of rotatable bonds is 7. The van der Waals surface area contributed by atoms with Crippen LogP contribution in [-0.4, -0.2) is 11.9 Å². The number of hydrogen-bond acceptors (Lipinski definition) is 3. The Morgan fingerprint density at radius 2 is 1.62 bits per heavy atom. The van der Waals surface area contributed by atoms with Crippen LogP contribution in [0.25, 0.3) is 0 Å². The van der Waals surface area contributed by atoms with E-state index >= 15 is 0 Å². The van der Waals surface area contributed by atoms with Gasteiger partial charge in [-0.15, -0.1) is 0 Å². The van der Waals surface area contributed by atoms with Gasteiger partial charge in [-0.1, -0.05) is 42.5 Å². The highest BCUT2D eigenvalue weighted by Crippen LogP contribution is 2.11. The standard InChI is InChI=1S/C17H21N3O/c1-13(17(18)21)19-11-15-7-9-16(10-8-15)20-12-14-5-3-2-4-6-14/h2-10,13,19-20H,11-12H2,1H3,(H2,18,21)/t13-/m0/s1. The van der Waals surface area contributed by atoms with Crippen LogP contribution in [0.5, 0.6) is 0 Å². The number of nitrogens with two attached hydrogens (primary N) is 1. The summed E-state index contributed by atoms with van der Waals surface area (Å²) in [6, 6.07) is 18.1. The number of anilines is 1. The largest absolute Gasteiger partial charge is 0.381 e. The van der Waals surface area contributed by atoms with Gasteiger partial charge in [-0.3, -0.25) is 4.79 Å². The Morgan fingerprint density at radius 1 is 1.00 bits per heavy atom. The van der Waals surface area contributed by atoms with E-state index in [1.165, 1.54) is 5.56 Å². The van der Waals surface area contributed by atoms with Crippen LogP contribution in [0.2, 0.25) is 0 Å². The van der Waals surface area contributed by atoms with Gasteiger partial charge in [0.15, 0.2) is 0 Å². The van der Waals surface area contributed by atoms with Crippen LogP contribution in [0.15, 0.2) is 54.6 Å². The zero-order chi connectivity index (χ0) is 15.1. The van der Waals surface area contributed by atoms with Gasteiger partial charge in [0.1, 0.15) is 0 Å². The molecule has 0 saturated carbocycles.